The molecule has 0 unspecified atom stereocenters. The summed E-state index contributed by atoms with van der Waals surface area (Å²) in [7, 11) is 0. The minimum absolute atomic E-state index is 0.509. The lowest BCUT2D eigenvalue weighted by molar-refractivity contribution is 0.884. The lowest BCUT2D eigenvalue weighted by Gasteiger charge is -2.06. The first-order valence-corrected chi connectivity index (χ1v) is 7.81. The number of aromatic nitrogens is 3. The topological polar surface area (TPSA) is 38.7 Å². The minimum atomic E-state index is 0.509. The normalized spacial score (nSPS) is 15.1. The SMILES string of the molecule is Cc1csc(Cc2nc(Cl)c(Br)c(C3CC3)n2)n1. The fourth-order valence-corrected chi connectivity index (χ4v) is 3.27. The molecule has 2 aromatic rings. The molecule has 1 fully saturated rings. The first kappa shape index (κ1) is 12.5. The van der Waals surface area contributed by atoms with Crippen molar-refractivity contribution in [3.05, 3.63) is 37.2 Å². The van der Waals surface area contributed by atoms with Crippen LogP contribution in [0.15, 0.2) is 9.85 Å². The average molecular weight is 345 g/mol. The van der Waals surface area contributed by atoms with Gasteiger partial charge in [-0.05, 0) is 35.7 Å². The van der Waals surface area contributed by atoms with E-state index in [1.807, 2.05) is 12.3 Å². The van der Waals surface area contributed by atoms with Crippen molar-refractivity contribution in [1.82, 2.24) is 15.0 Å². The van der Waals surface area contributed by atoms with Crippen molar-refractivity contribution >= 4 is 38.9 Å². The highest BCUT2D eigenvalue weighted by Gasteiger charge is 2.29. The van der Waals surface area contributed by atoms with Gasteiger partial charge in [0.25, 0.3) is 0 Å². The Kier molecular flexibility index (Phi) is 3.38. The molecule has 3 rings (SSSR count). The summed E-state index contributed by atoms with van der Waals surface area (Å²) in [6, 6.07) is 0. The largest absolute Gasteiger partial charge is 0.246 e. The van der Waals surface area contributed by atoms with Crippen molar-refractivity contribution in [2.45, 2.75) is 32.1 Å². The maximum Gasteiger partial charge on any atom is 0.147 e. The molecule has 0 aromatic carbocycles. The summed E-state index contributed by atoms with van der Waals surface area (Å²) in [5.74, 6) is 1.32. The molecule has 3 nitrogen and oxygen atoms in total. The van der Waals surface area contributed by atoms with Crippen molar-refractivity contribution in [1.29, 1.82) is 0 Å². The first-order chi connectivity index (χ1) is 8.63. The van der Waals surface area contributed by atoms with Crippen LogP contribution in [0.25, 0.3) is 0 Å². The molecule has 0 saturated heterocycles. The number of hydrogen-bond donors (Lipinski definition) is 0. The highest BCUT2D eigenvalue weighted by molar-refractivity contribution is 9.10. The quantitative estimate of drug-likeness (QED) is 0.786. The van der Waals surface area contributed by atoms with Gasteiger partial charge in [0.15, 0.2) is 0 Å². The average Bonchev–Trinajstić information content (AvgIpc) is 3.08. The third-order valence-corrected chi connectivity index (χ3v) is 5.07. The van der Waals surface area contributed by atoms with Crippen LogP contribution in [0.2, 0.25) is 5.15 Å². The van der Waals surface area contributed by atoms with Gasteiger partial charge in [0.1, 0.15) is 16.0 Å². The number of rotatable bonds is 3. The number of thiazole rings is 1. The summed E-state index contributed by atoms with van der Waals surface area (Å²) < 4.78 is 0.853. The number of aryl methyl sites for hydroxylation is 1. The van der Waals surface area contributed by atoms with Crippen LogP contribution in [-0.2, 0) is 6.42 Å². The van der Waals surface area contributed by atoms with E-state index in [9.17, 15) is 0 Å². The molecule has 0 radical (unpaired) electrons. The van der Waals surface area contributed by atoms with Gasteiger partial charge in [0.05, 0.1) is 16.6 Å². The molecule has 1 aliphatic carbocycles. The molecule has 0 atom stereocenters. The Morgan fingerprint density at radius 3 is 2.78 bits per heavy atom. The van der Waals surface area contributed by atoms with Crippen LogP contribution < -0.4 is 0 Å². The van der Waals surface area contributed by atoms with Gasteiger partial charge in [0, 0.05) is 17.0 Å². The summed E-state index contributed by atoms with van der Waals surface area (Å²) in [6.07, 6.45) is 3.05. The Morgan fingerprint density at radius 1 is 1.39 bits per heavy atom. The van der Waals surface area contributed by atoms with E-state index in [1.165, 1.54) is 12.8 Å². The molecule has 94 valence electrons. The molecule has 0 spiro atoms. The molecule has 0 bridgehead atoms. The van der Waals surface area contributed by atoms with E-state index in [0.29, 0.717) is 17.5 Å². The Balaban J connectivity index is 1.92. The van der Waals surface area contributed by atoms with Crippen molar-refractivity contribution in [3.8, 4) is 0 Å². The predicted octanol–water partition coefficient (Wildman–Crippen LogP) is 4.13. The third-order valence-electron chi connectivity index (χ3n) is 2.82. The van der Waals surface area contributed by atoms with Crippen LogP contribution in [0.3, 0.4) is 0 Å². The van der Waals surface area contributed by atoms with Crippen molar-refractivity contribution in [2.24, 2.45) is 0 Å². The van der Waals surface area contributed by atoms with Crippen LogP contribution >= 0.6 is 38.9 Å². The molecule has 0 aliphatic heterocycles. The zero-order valence-corrected chi connectivity index (χ0v) is 12.9. The van der Waals surface area contributed by atoms with Gasteiger partial charge in [-0.1, -0.05) is 11.6 Å². The zero-order valence-electron chi connectivity index (χ0n) is 9.78. The van der Waals surface area contributed by atoms with E-state index < -0.39 is 0 Å². The molecular weight excluding hydrogens is 334 g/mol. The Labute approximate surface area is 123 Å². The van der Waals surface area contributed by atoms with Crippen LogP contribution in [0, 0.1) is 6.92 Å². The molecule has 1 saturated carbocycles. The first-order valence-electron chi connectivity index (χ1n) is 5.76. The van der Waals surface area contributed by atoms with Gasteiger partial charge >= 0.3 is 0 Å². The number of halogens is 2. The monoisotopic (exact) mass is 343 g/mol. The molecule has 0 N–H and O–H groups in total. The smallest absolute Gasteiger partial charge is 0.147 e. The lowest BCUT2D eigenvalue weighted by atomic mass is 10.2. The van der Waals surface area contributed by atoms with E-state index >= 15 is 0 Å². The highest BCUT2D eigenvalue weighted by Crippen LogP contribution is 2.43. The van der Waals surface area contributed by atoms with Gasteiger partial charge in [-0.25, -0.2) is 15.0 Å². The fraction of sp³-hybridized carbons (Fsp3) is 0.417. The van der Waals surface area contributed by atoms with E-state index in [2.05, 4.69) is 30.9 Å². The lowest BCUT2D eigenvalue weighted by Crippen LogP contribution is -2.02. The Morgan fingerprint density at radius 2 is 2.17 bits per heavy atom. The summed E-state index contributed by atoms with van der Waals surface area (Å²) in [6.45, 7) is 1.99. The Bertz CT molecular complexity index is 595. The van der Waals surface area contributed by atoms with Gasteiger partial charge in [-0.15, -0.1) is 11.3 Å². The molecule has 0 amide bonds. The zero-order chi connectivity index (χ0) is 12.7. The number of nitrogens with zero attached hydrogens (tertiary/aromatic N) is 3. The Hall–Kier alpha value is -0.520. The molecule has 2 heterocycles. The summed E-state index contributed by atoms with van der Waals surface area (Å²) in [5, 5.41) is 3.58. The predicted molar refractivity (Wildman–Crippen MR) is 76.4 cm³/mol. The van der Waals surface area contributed by atoms with Crippen LogP contribution in [-0.4, -0.2) is 15.0 Å². The maximum absolute atomic E-state index is 6.15. The highest BCUT2D eigenvalue weighted by atomic mass is 79.9. The second-order valence-corrected chi connectivity index (χ2v) is 6.56. The van der Waals surface area contributed by atoms with Gasteiger partial charge in [0.2, 0.25) is 0 Å². The van der Waals surface area contributed by atoms with Gasteiger partial charge in [-0.3, -0.25) is 0 Å². The summed E-state index contributed by atoms with van der Waals surface area (Å²) >= 11 is 11.3. The van der Waals surface area contributed by atoms with Crippen LogP contribution in [0.5, 0.6) is 0 Å². The van der Waals surface area contributed by atoms with Gasteiger partial charge in [-0.2, -0.15) is 0 Å². The van der Waals surface area contributed by atoms with E-state index in [4.69, 9.17) is 11.6 Å². The fourth-order valence-electron chi connectivity index (χ4n) is 1.81. The van der Waals surface area contributed by atoms with Crippen molar-refractivity contribution in [3.63, 3.8) is 0 Å². The van der Waals surface area contributed by atoms with Crippen molar-refractivity contribution < 1.29 is 0 Å². The van der Waals surface area contributed by atoms with E-state index in [-0.39, 0.29) is 0 Å². The molecule has 1 aliphatic rings. The van der Waals surface area contributed by atoms with E-state index in [1.54, 1.807) is 11.3 Å². The summed E-state index contributed by atoms with van der Waals surface area (Å²) in [5.41, 5.74) is 2.10. The van der Waals surface area contributed by atoms with Gasteiger partial charge < -0.3 is 0 Å². The van der Waals surface area contributed by atoms with E-state index in [0.717, 1.165) is 26.7 Å². The molecular formula is C12H11BrClN3S. The van der Waals surface area contributed by atoms with Crippen molar-refractivity contribution in [2.75, 3.05) is 0 Å². The maximum atomic E-state index is 6.15. The molecule has 6 heteroatoms. The number of hydrogen-bond acceptors (Lipinski definition) is 4. The molecule has 2 aromatic heterocycles. The second-order valence-electron chi connectivity index (χ2n) is 4.46. The molecule has 18 heavy (non-hydrogen) atoms. The van der Waals surface area contributed by atoms with Crippen LogP contribution in [0.4, 0.5) is 0 Å². The van der Waals surface area contributed by atoms with Crippen LogP contribution in [0.1, 0.15) is 41.0 Å². The standard InChI is InChI=1S/C12H11BrClN3S/c1-6-5-18-9(15-6)4-8-16-11(7-2-3-7)10(13)12(14)17-8/h5,7H,2-4H2,1H3. The minimum Gasteiger partial charge on any atom is -0.246 e. The third kappa shape index (κ3) is 2.58. The second kappa shape index (κ2) is 4.87. The summed E-state index contributed by atoms with van der Waals surface area (Å²) in [4.78, 5) is 13.4.